The lowest BCUT2D eigenvalue weighted by Gasteiger charge is -2.43. The van der Waals surface area contributed by atoms with E-state index in [0.29, 0.717) is 32.1 Å². The van der Waals surface area contributed by atoms with E-state index in [2.05, 4.69) is 0 Å². The molecule has 0 rings (SSSR count). The van der Waals surface area contributed by atoms with Gasteiger partial charge in [0.25, 0.3) is 0 Å². The molecule has 0 saturated carbocycles. The van der Waals surface area contributed by atoms with Crippen LogP contribution in [0, 0.1) is 10.8 Å². The molecule has 0 saturated heterocycles. The van der Waals surface area contributed by atoms with Crippen molar-refractivity contribution in [3.05, 3.63) is 0 Å². The van der Waals surface area contributed by atoms with Crippen LogP contribution in [-0.4, -0.2) is 37.0 Å². The Morgan fingerprint density at radius 3 is 1.08 bits per heavy atom. The van der Waals surface area contributed by atoms with Crippen molar-refractivity contribution < 1.29 is 19.1 Å². The van der Waals surface area contributed by atoms with E-state index in [1.807, 2.05) is 55.4 Å². The third kappa shape index (κ3) is 4.71. The Labute approximate surface area is 155 Å². The summed E-state index contributed by atoms with van der Waals surface area (Å²) in [4.78, 5) is 26.6. The maximum atomic E-state index is 13.3. The molecule has 0 spiro atoms. The number of methoxy groups -OCH3 is 2. The van der Waals surface area contributed by atoms with Crippen molar-refractivity contribution in [3.63, 3.8) is 0 Å². The first-order chi connectivity index (χ1) is 11.4. The molecule has 25 heavy (non-hydrogen) atoms. The van der Waals surface area contributed by atoms with Gasteiger partial charge in [0.05, 0.1) is 0 Å². The number of Topliss-reactive ketones (excluding diaryl/α,β-unsaturated/α-hetero) is 2. The molecule has 4 nitrogen and oxygen atoms in total. The van der Waals surface area contributed by atoms with Gasteiger partial charge in [-0.15, -0.1) is 0 Å². The van der Waals surface area contributed by atoms with E-state index in [9.17, 15) is 9.59 Å². The van der Waals surface area contributed by atoms with Crippen LogP contribution in [0.5, 0.6) is 0 Å². The topological polar surface area (TPSA) is 52.6 Å². The molecule has 0 fully saturated rings. The molecular weight excluding hydrogens is 316 g/mol. The number of hydrogen-bond acceptors (Lipinski definition) is 4. The van der Waals surface area contributed by atoms with E-state index < -0.39 is 22.0 Å². The second-order valence-electron chi connectivity index (χ2n) is 8.24. The van der Waals surface area contributed by atoms with Crippen molar-refractivity contribution in [3.8, 4) is 0 Å². The minimum atomic E-state index is -0.822. The van der Waals surface area contributed by atoms with Gasteiger partial charge >= 0.3 is 0 Å². The molecule has 0 aliphatic heterocycles. The Kier molecular flexibility index (Phi) is 8.51. The monoisotopic (exact) mass is 356 g/mol. The minimum absolute atomic E-state index is 0.0793. The fraction of sp³-hybridized carbons (Fsp3) is 0.905. The molecule has 0 aliphatic rings. The lowest BCUT2D eigenvalue weighted by Crippen LogP contribution is -2.52. The van der Waals surface area contributed by atoms with E-state index in [-0.39, 0.29) is 11.6 Å². The van der Waals surface area contributed by atoms with Gasteiger partial charge in [0.15, 0.2) is 11.6 Å². The Morgan fingerprint density at radius 1 is 0.640 bits per heavy atom. The summed E-state index contributed by atoms with van der Waals surface area (Å²) in [5.74, 6) is 0.159. The SMILES string of the molecule is CCC(C)(CC(C)(CC)C(=O)C(C)(CC)OC)C(=O)C(C)(CC)OC. The second-order valence-corrected chi connectivity index (χ2v) is 8.24. The van der Waals surface area contributed by atoms with Gasteiger partial charge in [-0.3, -0.25) is 9.59 Å². The highest BCUT2D eigenvalue weighted by Crippen LogP contribution is 2.45. The predicted octanol–water partition coefficient (Wildman–Crippen LogP) is 4.98. The van der Waals surface area contributed by atoms with Gasteiger partial charge in [0.1, 0.15) is 11.2 Å². The van der Waals surface area contributed by atoms with Crippen LogP contribution < -0.4 is 0 Å². The Balaban J connectivity index is 5.91. The van der Waals surface area contributed by atoms with Crippen LogP contribution in [0.2, 0.25) is 0 Å². The number of rotatable bonds is 12. The third-order valence-corrected chi connectivity index (χ3v) is 6.65. The van der Waals surface area contributed by atoms with Crippen molar-refractivity contribution in [1.29, 1.82) is 0 Å². The van der Waals surface area contributed by atoms with Gasteiger partial charge in [-0.2, -0.15) is 0 Å². The normalized spacial score (nSPS) is 21.5. The highest BCUT2D eigenvalue weighted by Gasteiger charge is 2.51. The molecule has 0 aromatic heterocycles. The Hall–Kier alpha value is -0.740. The molecule has 0 amide bonds. The summed E-state index contributed by atoms with van der Waals surface area (Å²) in [5, 5.41) is 0. The Bertz CT molecular complexity index is 421. The number of ketones is 2. The van der Waals surface area contributed by atoms with Crippen LogP contribution in [-0.2, 0) is 19.1 Å². The average Bonchev–Trinajstić information content (AvgIpc) is 2.64. The van der Waals surface area contributed by atoms with Crippen LogP contribution in [0.4, 0.5) is 0 Å². The standard InChI is InChI=1S/C21H40O4/c1-11-18(5,16(22)20(7,13-3)24-9)15-19(6,12-2)17(23)21(8,14-4)25-10/h11-15H2,1-10H3. The van der Waals surface area contributed by atoms with Crippen molar-refractivity contribution in [2.24, 2.45) is 10.8 Å². The zero-order chi connectivity index (χ0) is 20.1. The van der Waals surface area contributed by atoms with Crippen LogP contribution in [0.15, 0.2) is 0 Å². The molecule has 0 radical (unpaired) electrons. The van der Waals surface area contributed by atoms with Crippen LogP contribution in [0.1, 0.15) is 87.5 Å². The summed E-state index contributed by atoms with van der Waals surface area (Å²) in [5.41, 5.74) is -2.89. The molecule has 0 aliphatic carbocycles. The van der Waals surface area contributed by atoms with Gasteiger partial charge in [-0.25, -0.2) is 0 Å². The number of carbonyl (C=O) groups excluding carboxylic acids is 2. The molecular formula is C21H40O4. The lowest BCUT2D eigenvalue weighted by molar-refractivity contribution is -0.158. The maximum absolute atomic E-state index is 13.3. The van der Waals surface area contributed by atoms with Gasteiger partial charge in [0, 0.05) is 25.0 Å². The molecule has 0 aromatic rings. The molecule has 4 atom stereocenters. The van der Waals surface area contributed by atoms with Gasteiger partial charge in [-0.1, -0.05) is 41.5 Å². The molecule has 148 valence electrons. The van der Waals surface area contributed by atoms with E-state index in [1.54, 1.807) is 14.2 Å². The van der Waals surface area contributed by atoms with Crippen LogP contribution in [0.25, 0.3) is 0 Å². The molecule has 4 unspecified atom stereocenters. The van der Waals surface area contributed by atoms with E-state index in [4.69, 9.17) is 9.47 Å². The first-order valence-electron chi connectivity index (χ1n) is 9.58. The molecule has 4 heteroatoms. The highest BCUT2D eigenvalue weighted by atomic mass is 16.5. The average molecular weight is 357 g/mol. The zero-order valence-corrected chi connectivity index (χ0v) is 18.2. The predicted molar refractivity (Wildman–Crippen MR) is 103 cm³/mol. The summed E-state index contributed by atoms with van der Waals surface area (Å²) in [6, 6.07) is 0. The van der Waals surface area contributed by atoms with E-state index >= 15 is 0 Å². The van der Waals surface area contributed by atoms with Crippen LogP contribution in [0.3, 0.4) is 0 Å². The molecule has 0 N–H and O–H groups in total. The van der Waals surface area contributed by atoms with E-state index in [0.717, 1.165) is 0 Å². The molecule has 0 bridgehead atoms. The van der Waals surface area contributed by atoms with Crippen LogP contribution >= 0.6 is 0 Å². The summed E-state index contributed by atoms with van der Waals surface area (Å²) in [6.07, 6.45) is 3.06. The van der Waals surface area contributed by atoms with Gasteiger partial charge < -0.3 is 9.47 Å². The summed E-state index contributed by atoms with van der Waals surface area (Å²) < 4.78 is 11.1. The fourth-order valence-corrected chi connectivity index (χ4v) is 3.66. The molecule has 0 aromatic carbocycles. The maximum Gasteiger partial charge on any atom is 0.170 e. The first kappa shape index (κ1) is 24.3. The number of carbonyl (C=O) groups is 2. The smallest absolute Gasteiger partial charge is 0.170 e. The van der Waals surface area contributed by atoms with Gasteiger partial charge in [-0.05, 0) is 46.0 Å². The summed E-state index contributed by atoms with van der Waals surface area (Å²) in [6.45, 7) is 15.6. The quantitative estimate of drug-likeness (QED) is 0.495. The van der Waals surface area contributed by atoms with Crippen molar-refractivity contribution in [1.82, 2.24) is 0 Å². The van der Waals surface area contributed by atoms with Crippen molar-refractivity contribution in [2.45, 2.75) is 98.7 Å². The zero-order valence-electron chi connectivity index (χ0n) is 18.2. The number of ether oxygens (including phenoxy) is 2. The first-order valence-corrected chi connectivity index (χ1v) is 9.58. The summed E-state index contributed by atoms with van der Waals surface area (Å²) >= 11 is 0. The largest absolute Gasteiger partial charge is 0.371 e. The second kappa shape index (κ2) is 8.77. The van der Waals surface area contributed by atoms with Crippen molar-refractivity contribution >= 4 is 11.6 Å². The van der Waals surface area contributed by atoms with Gasteiger partial charge in [0.2, 0.25) is 0 Å². The molecule has 0 heterocycles. The fourth-order valence-electron chi connectivity index (χ4n) is 3.66. The highest BCUT2D eigenvalue weighted by molar-refractivity contribution is 5.95. The Morgan fingerprint density at radius 2 is 0.920 bits per heavy atom. The minimum Gasteiger partial charge on any atom is -0.371 e. The summed E-state index contributed by atoms with van der Waals surface area (Å²) in [7, 11) is 3.17. The number of hydrogen-bond donors (Lipinski definition) is 0. The van der Waals surface area contributed by atoms with Crippen molar-refractivity contribution in [2.75, 3.05) is 14.2 Å². The lowest BCUT2D eigenvalue weighted by atomic mass is 9.61. The third-order valence-electron chi connectivity index (χ3n) is 6.65. The van der Waals surface area contributed by atoms with E-state index in [1.165, 1.54) is 0 Å².